The van der Waals surface area contributed by atoms with Gasteiger partial charge in [-0.1, -0.05) is 6.42 Å². The first-order valence-corrected chi connectivity index (χ1v) is 6.94. The fraction of sp³-hybridized carbons (Fsp3) is 0.692. The summed E-state index contributed by atoms with van der Waals surface area (Å²) in [6.45, 7) is 5.58. The Balaban J connectivity index is 2.31. The maximum atomic E-state index is 6.34. The zero-order valence-electron chi connectivity index (χ0n) is 10.5. The average molecular weight is 238 g/mol. The van der Waals surface area contributed by atoms with Gasteiger partial charge in [0.25, 0.3) is 0 Å². The summed E-state index contributed by atoms with van der Waals surface area (Å²) in [5.74, 6) is 0. The third kappa shape index (κ3) is 2.31. The zero-order valence-corrected chi connectivity index (χ0v) is 11.3. The Bertz CT molecular complexity index is 347. The lowest BCUT2D eigenvalue weighted by atomic mass is 9.97. The Morgan fingerprint density at radius 2 is 2.12 bits per heavy atom. The minimum Gasteiger partial charge on any atom is -0.326 e. The highest BCUT2D eigenvalue weighted by molar-refractivity contribution is 7.12. The number of aryl methyl sites for hydroxylation is 2. The van der Waals surface area contributed by atoms with Crippen molar-refractivity contribution < 1.29 is 0 Å². The fourth-order valence-corrected chi connectivity index (χ4v) is 3.74. The molecule has 0 bridgehead atoms. The molecule has 1 aliphatic heterocycles. The van der Waals surface area contributed by atoms with Gasteiger partial charge in [0, 0.05) is 15.8 Å². The molecule has 1 aromatic heterocycles. The number of thiophene rings is 1. The molecule has 1 aliphatic rings. The zero-order chi connectivity index (χ0) is 11.7. The molecule has 1 saturated heterocycles. The van der Waals surface area contributed by atoms with E-state index in [1.165, 1.54) is 34.7 Å². The van der Waals surface area contributed by atoms with Crippen molar-refractivity contribution in [2.24, 2.45) is 5.73 Å². The predicted molar refractivity (Wildman–Crippen MR) is 71.0 cm³/mol. The molecule has 1 fully saturated rings. The van der Waals surface area contributed by atoms with Crippen molar-refractivity contribution in [2.75, 3.05) is 13.6 Å². The van der Waals surface area contributed by atoms with Crippen LogP contribution >= 0.6 is 11.3 Å². The molecule has 2 nitrogen and oxygen atoms in total. The van der Waals surface area contributed by atoms with Gasteiger partial charge in [0.15, 0.2) is 0 Å². The van der Waals surface area contributed by atoms with Gasteiger partial charge in [0.2, 0.25) is 0 Å². The van der Waals surface area contributed by atoms with Crippen LogP contribution in [0.1, 0.15) is 40.6 Å². The van der Waals surface area contributed by atoms with E-state index >= 15 is 0 Å². The molecule has 0 saturated carbocycles. The lowest BCUT2D eigenvalue weighted by Gasteiger charge is -2.30. The minimum absolute atomic E-state index is 0.292. The van der Waals surface area contributed by atoms with Gasteiger partial charge in [-0.2, -0.15) is 0 Å². The Labute approximate surface area is 102 Å². The van der Waals surface area contributed by atoms with Gasteiger partial charge in [-0.15, -0.1) is 11.3 Å². The molecular weight excluding hydrogens is 216 g/mol. The number of likely N-dealkylation sites (N-methyl/N-ethyl adjacent to an activating group) is 1. The van der Waals surface area contributed by atoms with E-state index in [1.807, 2.05) is 11.3 Å². The molecule has 0 aliphatic carbocycles. The molecule has 2 atom stereocenters. The third-order valence-electron chi connectivity index (χ3n) is 3.58. The van der Waals surface area contributed by atoms with Crippen LogP contribution in [0.4, 0.5) is 0 Å². The lowest BCUT2D eigenvalue weighted by Crippen LogP contribution is -2.37. The summed E-state index contributed by atoms with van der Waals surface area (Å²) in [6, 6.07) is 3.04. The van der Waals surface area contributed by atoms with Crippen molar-refractivity contribution >= 4 is 11.3 Å². The smallest absolute Gasteiger partial charge is 0.0507 e. The number of nitrogens with two attached hydrogens (primary N) is 1. The molecule has 2 N–H and O–H groups in total. The summed E-state index contributed by atoms with van der Waals surface area (Å²) in [4.78, 5) is 5.27. The summed E-state index contributed by atoms with van der Waals surface area (Å²) < 4.78 is 0. The van der Waals surface area contributed by atoms with E-state index in [-0.39, 0.29) is 0 Å². The fourth-order valence-electron chi connectivity index (χ4n) is 2.78. The lowest BCUT2D eigenvalue weighted by molar-refractivity contribution is 0.230. The molecule has 0 amide bonds. The van der Waals surface area contributed by atoms with E-state index in [2.05, 4.69) is 31.9 Å². The second kappa shape index (κ2) is 4.86. The van der Waals surface area contributed by atoms with Crippen molar-refractivity contribution in [3.8, 4) is 0 Å². The van der Waals surface area contributed by atoms with Gasteiger partial charge in [0.05, 0.1) is 6.04 Å². The molecule has 2 unspecified atom stereocenters. The number of likely N-dealkylation sites (tertiary alicyclic amines) is 1. The van der Waals surface area contributed by atoms with Gasteiger partial charge in [-0.25, -0.2) is 0 Å². The van der Waals surface area contributed by atoms with Crippen LogP contribution in [0.5, 0.6) is 0 Å². The van der Waals surface area contributed by atoms with Crippen LogP contribution in [0.2, 0.25) is 0 Å². The molecule has 2 rings (SSSR count). The highest BCUT2D eigenvalue weighted by Crippen LogP contribution is 2.34. The molecule has 0 radical (unpaired) electrons. The second-order valence-electron chi connectivity index (χ2n) is 4.95. The minimum atomic E-state index is 0.292. The summed E-state index contributed by atoms with van der Waals surface area (Å²) >= 11 is 1.89. The summed E-state index contributed by atoms with van der Waals surface area (Å²) in [5.41, 5.74) is 7.80. The average Bonchev–Trinajstić information content (AvgIpc) is 2.43. The van der Waals surface area contributed by atoms with Crippen molar-refractivity contribution in [3.63, 3.8) is 0 Å². The first kappa shape index (κ1) is 12.1. The molecule has 16 heavy (non-hydrogen) atoms. The Kier molecular flexibility index (Phi) is 3.67. The van der Waals surface area contributed by atoms with E-state index in [1.54, 1.807) is 0 Å². The highest BCUT2D eigenvalue weighted by atomic mass is 32.1. The monoisotopic (exact) mass is 238 g/mol. The third-order valence-corrected chi connectivity index (χ3v) is 4.56. The maximum Gasteiger partial charge on any atom is 0.0507 e. The second-order valence-corrected chi connectivity index (χ2v) is 6.41. The molecule has 3 heteroatoms. The van der Waals surface area contributed by atoms with Crippen molar-refractivity contribution in [1.82, 2.24) is 4.90 Å². The van der Waals surface area contributed by atoms with Gasteiger partial charge in [0.1, 0.15) is 0 Å². The van der Waals surface area contributed by atoms with E-state index in [0.29, 0.717) is 12.1 Å². The van der Waals surface area contributed by atoms with E-state index in [4.69, 9.17) is 5.73 Å². The topological polar surface area (TPSA) is 29.3 Å². The van der Waals surface area contributed by atoms with Gasteiger partial charge in [-0.05, 0) is 51.9 Å². The summed E-state index contributed by atoms with van der Waals surface area (Å²) in [7, 11) is 2.21. The standard InChI is InChI=1S/C13H22N2S/c1-9-8-11(10(2)16-9)13-12(14)6-4-5-7-15(13)3/h8,12-13H,4-7,14H2,1-3H3. The molecule has 0 aromatic carbocycles. The molecule has 90 valence electrons. The van der Waals surface area contributed by atoms with E-state index in [0.717, 1.165) is 6.42 Å². The van der Waals surface area contributed by atoms with Crippen molar-refractivity contribution in [3.05, 3.63) is 21.4 Å². The van der Waals surface area contributed by atoms with Crippen LogP contribution in [0.25, 0.3) is 0 Å². The van der Waals surface area contributed by atoms with Crippen molar-refractivity contribution in [1.29, 1.82) is 0 Å². The first-order valence-electron chi connectivity index (χ1n) is 6.12. The van der Waals surface area contributed by atoms with E-state index < -0.39 is 0 Å². The Morgan fingerprint density at radius 1 is 1.38 bits per heavy atom. The highest BCUT2D eigenvalue weighted by Gasteiger charge is 2.28. The largest absolute Gasteiger partial charge is 0.326 e. The Morgan fingerprint density at radius 3 is 2.75 bits per heavy atom. The normalized spacial score (nSPS) is 28.0. The van der Waals surface area contributed by atoms with Crippen LogP contribution in [0.15, 0.2) is 6.07 Å². The molecule has 2 heterocycles. The van der Waals surface area contributed by atoms with Gasteiger partial charge in [-0.3, -0.25) is 4.90 Å². The molecule has 1 aromatic rings. The van der Waals surface area contributed by atoms with Crippen LogP contribution < -0.4 is 5.73 Å². The Hall–Kier alpha value is -0.380. The summed E-state index contributed by atoms with van der Waals surface area (Å²) in [5, 5.41) is 0. The van der Waals surface area contributed by atoms with Crippen LogP contribution in [0, 0.1) is 13.8 Å². The summed E-state index contributed by atoms with van der Waals surface area (Å²) in [6.07, 6.45) is 3.70. The number of rotatable bonds is 1. The predicted octanol–water partition coefficient (Wildman–Crippen LogP) is 2.85. The van der Waals surface area contributed by atoms with E-state index in [9.17, 15) is 0 Å². The van der Waals surface area contributed by atoms with Crippen LogP contribution in [0.3, 0.4) is 0 Å². The van der Waals surface area contributed by atoms with Crippen molar-refractivity contribution in [2.45, 2.75) is 45.2 Å². The number of nitrogens with zero attached hydrogens (tertiary/aromatic N) is 1. The maximum absolute atomic E-state index is 6.34. The quantitative estimate of drug-likeness (QED) is 0.815. The SMILES string of the molecule is Cc1cc(C2C(N)CCCCN2C)c(C)s1. The molecule has 0 spiro atoms. The first-order chi connectivity index (χ1) is 7.59. The molecular formula is C13H22N2S. The number of hydrogen-bond donors (Lipinski definition) is 1. The van der Waals surface area contributed by atoms with Crippen LogP contribution in [-0.2, 0) is 0 Å². The van der Waals surface area contributed by atoms with Crippen LogP contribution in [-0.4, -0.2) is 24.5 Å². The number of hydrogen-bond acceptors (Lipinski definition) is 3. The van der Waals surface area contributed by atoms with Gasteiger partial charge < -0.3 is 5.73 Å². The van der Waals surface area contributed by atoms with Gasteiger partial charge >= 0.3 is 0 Å².